The molecular formula is C12H12O2. The topological polar surface area (TPSA) is 26.3 Å². The molecule has 0 amide bonds. The molecule has 0 aliphatic heterocycles. The van der Waals surface area contributed by atoms with Crippen molar-refractivity contribution < 1.29 is 9.53 Å². The second kappa shape index (κ2) is 3.29. The van der Waals surface area contributed by atoms with Gasteiger partial charge in [-0.3, -0.25) is 4.79 Å². The zero-order chi connectivity index (χ0) is 10.1. The predicted molar refractivity (Wildman–Crippen MR) is 54.8 cm³/mol. The molecule has 1 aliphatic carbocycles. The van der Waals surface area contributed by atoms with Gasteiger partial charge >= 0.3 is 0 Å². The molecule has 14 heavy (non-hydrogen) atoms. The van der Waals surface area contributed by atoms with E-state index in [0.717, 1.165) is 29.7 Å². The first-order valence-corrected chi connectivity index (χ1v) is 4.62. The number of Topliss-reactive ketones (excluding diaryl/α,β-unsaturated/α-hetero) is 1. The fourth-order valence-electron chi connectivity index (χ4n) is 1.81. The van der Waals surface area contributed by atoms with Crippen LogP contribution in [0.4, 0.5) is 0 Å². The number of methoxy groups -OCH3 is 1. The number of hydrogen-bond acceptors (Lipinski definition) is 2. The molecule has 2 heteroatoms. The van der Waals surface area contributed by atoms with Gasteiger partial charge in [-0.1, -0.05) is 18.7 Å². The fourth-order valence-corrected chi connectivity index (χ4v) is 1.81. The molecular weight excluding hydrogens is 176 g/mol. The van der Waals surface area contributed by atoms with Crippen LogP contribution in [0.25, 0.3) is 0 Å². The van der Waals surface area contributed by atoms with Crippen LogP contribution in [0, 0.1) is 0 Å². The molecule has 0 aromatic heterocycles. The lowest BCUT2D eigenvalue weighted by Crippen LogP contribution is -2.14. The molecule has 1 aliphatic rings. The average Bonchev–Trinajstić information content (AvgIpc) is 2.23. The number of fused-ring (bicyclic) bond motifs is 1. The second-order valence-electron chi connectivity index (χ2n) is 3.42. The molecule has 0 unspecified atom stereocenters. The third kappa shape index (κ3) is 1.23. The normalized spacial score (nSPS) is 15.2. The zero-order valence-corrected chi connectivity index (χ0v) is 8.17. The number of ketones is 1. The van der Waals surface area contributed by atoms with E-state index in [1.165, 1.54) is 0 Å². The quantitative estimate of drug-likeness (QED) is 0.632. The average molecular weight is 188 g/mol. The fraction of sp³-hybridized carbons (Fsp3) is 0.250. The van der Waals surface area contributed by atoms with E-state index in [4.69, 9.17) is 4.74 Å². The zero-order valence-electron chi connectivity index (χ0n) is 8.17. The molecule has 0 heterocycles. The maximum absolute atomic E-state index is 11.7. The van der Waals surface area contributed by atoms with Gasteiger partial charge in [-0.15, -0.1) is 0 Å². The highest BCUT2D eigenvalue weighted by molar-refractivity contribution is 6.10. The predicted octanol–water partition coefficient (Wildman–Crippen LogP) is 2.38. The number of allylic oxidation sites excluding steroid dienone is 1. The maximum Gasteiger partial charge on any atom is 0.188 e. The van der Waals surface area contributed by atoms with Crippen molar-refractivity contribution in [2.75, 3.05) is 7.11 Å². The molecule has 2 nitrogen and oxygen atoms in total. The lowest BCUT2D eigenvalue weighted by atomic mass is 9.87. The first kappa shape index (κ1) is 9.00. The van der Waals surface area contributed by atoms with Crippen molar-refractivity contribution in [1.29, 1.82) is 0 Å². The maximum atomic E-state index is 11.7. The van der Waals surface area contributed by atoms with Gasteiger partial charge in [-0.05, 0) is 24.5 Å². The number of benzene rings is 1. The molecule has 0 spiro atoms. The van der Waals surface area contributed by atoms with E-state index < -0.39 is 0 Å². The Morgan fingerprint density at radius 3 is 2.86 bits per heavy atom. The van der Waals surface area contributed by atoms with E-state index in [1.54, 1.807) is 7.11 Å². The Hall–Kier alpha value is -1.57. The van der Waals surface area contributed by atoms with Crippen LogP contribution in [0.2, 0.25) is 0 Å². The van der Waals surface area contributed by atoms with Crippen molar-refractivity contribution in [2.24, 2.45) is 0 Å². The third-order valence-electron chi connectivity index (χ3n) is 2.60. The van der Waals surface area contributed by atoms with E-state index >= 15 is 0 Å². The number of rotatable bonds is 1. The third-order valence-corrected chi connectivity index (χ3v) is 2.60. The second-order valence-corrected chi connectivity index (χ2v) is 3.42. The lowest BCUT2D eigenvalue weighted by Gasteiger charge is -2.18. The number of ether oxygens (including phenoxy) is 1. The van der Waals surface area contributed by atoms with Gasteiger partial charge in [-0.25, -0.2) is 0 Å². The smallest absolute Gasteiger partial charge is 0.188 e. The van der Waals surface area contributed by atoms with Gasteiger partial charge in [0.2, 0.25) is 0 Å². The highest BCUT2D eigenvalue weighted by atomic mass is 16.5. The highest BCUT2D eigenvalue weighted by Crippen LogP contribution is 2.30. The minimum atomic E-state index is 0.0603. The molecule has 72 valence electrons. The van der Waals surface area contributed by atoms with Crippen LogP contribution in [0.1, 0.15) is 22.3 Å². The summed E-state index contributed by atoms with van der Waals surface area (Å²) in [6.45, 7) is 3.76. The molecule has 1 aromatic rings. The number of hydrogen-bond donors (Lipinski definition) is 0. The minimum absolute atomic E-state index is 0.0603. The van der Waals surface area contributed by atoms with Crippen LogP contribution in [0.15, 0.2) is 30.4 Å². The largest absolute Gasteiger partial charge is 0.496 e. The van der Waals surface area contributed by atoms with Gasteiger partial charge in [0.05, 0.1) is 7.11 Å². The van der Waals surface area contributed by atoms with Crippen molar-refractivity contribution in [3.8, 4) is 5.75 Å². The van der Waals surface area contributed by atoms with E-state index in [2.05, 4.69) is 6.58 Å². The van der Waals surface area contributed by atoms with Crippen molar-refractivity contribution in [2.45, 2.75) is 12.8 Å². The van der Waals surface area contributed by atoms with Gasteiger partial charge in [-0.2, -0.15) is 0 Å². The summed E-state index contributed by atoms with van der Waals surface area (Å²) >= 11 is 0. The molecule has 0 bridgehead atoms. The van der Waals surface area contributed by atoms with Crippen molar-refractivity contribution >= 4 is 5.78 Å². The first-order valence-electron chi connectivity index (χ1n) is 4.62. The molecule has 0 N–H and O–H groups in total. The van der Waals surface area contributed by atoms with Gasteiger partial charge in [0.1, 0.15) is 5.75 Å². The number of carbonyl (C=O) groups is 1. The Bertz CT molecular complexity index is 405. The van der Waals surface area contributed by atoms with Crippen LogP contribution in [-0.2, 0) is 6.42 Å². The monoisotopic (exact) mass is 188 g/mol. The van der Waals surface area contributed by atoms with Crippen LogP contribution in [-0.4, -0.2) is 12.9 Å². The van der Waals surface area contributed by atoms with Crippen LogP contribution >= 0.6 is 0 Å². The van der Waals surface area contributed by atoms with Crippen LogP contribution in [0.5, 0.6) is 5.75 Å². The highest BCUT2D eigenvalue weighted by Gasteiger charge is 2.22. The summed E-state index contributed by atoms with van der Waals surface area (Å²) in [4.78, 5) is 11.7. The minimum Gasteiger partial charge on any atom is -0.496 e. The summed E-state index contributed by atoms with van der Waals surface area (Å²) in [6.07, 6.45) is 1.59. The molecule has 2 rings (SSSR count). The summed E-state index contributed by atoms with van der Waals surface area (Å²) in [7, 11) is 1.63. The Morgan fingerprint density at radius 1 is 1.36 bits per heavy atom. The molecule has 0 atom stereocenters. The summed E-state index contributed by atoms with van der Waals surface area (Å²) in [5.74, 6) is 0.869. The summed E-state index contributed by atoms with van der Waals surface area (Å²) < 4.78 is 5.21. The van der Waals surface area contributed by atoms with E-state index in [-0.39, 0.29) is 5.78 Å². The standard InChI is InChI=1S/C12H12O2/c1-8-6-7-9-10(12(8)13)4-3-5-11(9)14-2/h3-5H,1,6-7H2,2H3. The lowest BCUT2D eigenvalue weighted by molar-refractivity contribution is 0.102. The van der Waals surface area contributed by atoms with E-state index in [1.807, 2.05) is 18.2 Å². The van der Waals surface area contributed by atoms with Gasteiger partial charge in [0.15, 0.2) is 5.78 Å². The van der Waals surface area contributed by atoms with Gasteiger partial charge in [0, 0.05) is 11.1 Å². The van der Waals surface area contributed by atoms with E-state index in [9.17, 15) is 4.79 Å². The van der Waals surface area contributed by atoms with Crippen LogP contribution in [0.3, 0.4) is 0 Å². The Labute approximate surface area is 83.2 Å². The molecule has 0 saturated heterocycles. The molecule has 0 radical (unpaired) electrons. The van der Waals surface area contributed by atoms with Gasteiger partial charge in [0.25, 0.3) is 0 Å². The summed E-state index contributed by atoms with van der Waals surface area (Å²) in [5, 5.41) is 0. The Morgan fingerprint density at radius 2 is 2.14 bits per heavy atom. The SMILES string of the molecule is C=C1CCc2c(OC)cccc2C1=O. The molecule has 1 aromatic carbocycles. The van der Waals surface area contributed by atoms with Crippen molar-refractivity contribution in [3.05, 3.63) is 41.5 Å². The number of carbonyl (C=O) groups excluding carboxylic acids is 1. The van der Waals surface area contributed by atoms with Crippen LogP contribution < -0.4 is 4.74 Å². The van der Waals surface area contributed by atoms with Gasteiger partial charge < -0.3 is 4.74 Å². The first-order chi connectivity index (χ1) is 6.74. The van der Waals surface area contributed by atoms with E-state index in [0.29, 0.717) is 5.57 Å². The molecule has 0 saturated carbocycles. The Kier molecular flexibility index (Phi) is 2.12. The Balaban J connectivity index is 2.57. The molecule has 0 fully saturated rings. The van der Waals surface area contributed by atoms with Crippen molar-refractivity contribution in [3.63, 3.8) is 0 Å². The summed E-state index contributed by atoms with van der Waals surface area (Å²) in [5.41, 5.74) is 2.47. The van der Waals surface area contributed by atoms with Crippen molar-refractivity contribution in [1.82, 2.24) is 0 Å². The summed E-state index contributed by atoms with van der Waals surface area (Å²) in [6, 6.07) is 5.57.